The molecule has 1 rings (SSSR count). The van der Waals surface area contributed by atoms with Gasteiger partial charge in [-0.3, -0.25) is 5.32 Å². The van der Waals surface area contributed by atoms with Gasteiger partial charge in [0.15, 0.2) is 0 Å². The molecular formula is C12H13ClN2O2. The highest BCUT2D eigenvalue weighted by Crippen LogP contribution is 2.09. The first-order valence-electron chi connectivity index (χ1n) is 5.26. The normalized spacial score (nSPS) is 9.41. The van der Waals surface area contributed by atoms with Crippen molar-refractivity contribution in [2.45, 2.75) is 12.8 Å². The number of hydrogen-bond acceptors (Lipinski definition) is 3. The molecule has 0 spiro atoms. The van der Waals surface area contributed by atoms with Crippen molar-refractivity contribution < 1.29 is 9.53 Å². The highest BCUT2D eigenvalue weighted by molar-refractivity contribution is 6.17. The van der Waals surface area contributed by atoms with Crippen LogP contribution in [0.25, 0.3) is 0 Å². The minimum absolute atomic E-state index is 0.356. The van der Waals surface area contributed by atoms with Gasteiger partial charge in [-0.05, 0) is 37.1 Å². The van der Waals surface area contributed by atoms with Gasteiger partial charge in [-0.2, -0.15) is 5.26 Å². The molecule has 5 heteroatoms. The largest absolute Gasteiger partial charge is 0.449 e. The first-order chi connectivity index (χ1) is 8.26. The number of hydrogen-bond donors (Lipinski definition) is 1. The second-order valence-electron chi connectivity index (χ2n) is 3.35. The summed E-state index contributed by atoms with van der Waals surface area (Å²) in [5.74, 6) is 0.570. The molecule has 0 unspecified atom stereocenters. The highest BCUT2D eigenvalue weighted by Gasteiger charge is 2.02. The van der Waals surface area contributed by atoms with Gasteiger partial charge in [0.25, 0.3) is 0 Å². The smallest absolute Gasteiger partial charge is 0.411 e. The Bertz CT molecular complexity index is 398. The molecule has 1 amide bonds. The summed E-state index contributed by atoms with van der Waals surface area (Å²) < 4.78 is 4.93. The van der Waals surface area contributed by atoms with Gasteiger partial charge < -0.3 is 4.74 Å². The van der Waals surface area contributed by atoms with E-state index in [0.29, 0.717) is 23.7 Å². The number of nitriles is 1. The van der Waals surface area contributed by atoms with Crippen molar-refractivity contribution in [3.8, 4) is 6.07 Å². The van der Waals surface area contributed by atoms with E-state index in [1.807, 2.05) is 6.07 Å². The van der Waals surface area contributed by atoms with Crippen LogP contribution in [0.2, 0.25) is 0 Å². The average Bonchev–Trinajstić information content (AvgIpc) is 2.36. The number of halogens is 1. The van der Waals surface area contributed by atoms with E-state index in [9.17, 15) is 4.79 Å². The summed E-state index contributed by atoms with van der Waals surface area (Å²) in [4.78, 5) is 11.3. The van der Waals surface area contributed by atoms with Gasteiger partial charge in [-0.1, -0.05) is 0 Å². The van der Waals surface area contributed by atoms with Crippen LogP contribution in [0.3, 0.4) is 0 Å². The molecule has 4 nitrogen and oxygen atoms in total. The number of unbranched alkanes of at least 4 members (excludes halogenated alkanes) is 1. The molecule has 1 aromatic rings. The van der Waals surface area contributed by atoms with Gasteiger partial charge >= 0.3 is 6.09 Å². The number of benzene rings is 1. The Labute approximate surface area is 105 Å². The van der Waals surface area contributed by atoms with Crippen molar-refractivity contribution in [1.29, 1.82) is 5.26 Å². The Morgan fingerprint density at radius 1 is 1.35 bits per heavy atom. The molecule has 90 valence electrons. The van der Waals surface area contributed by atoms with Crippen LogP contribution in [0, 0.1) is 11.3 Å². The summed E-state index contributed by atoms with van der Waals surface area (Å²) in [6.45, 7) is 0.356. The molecule has 0 saturated carbocycles. The van der Waals surface area contributed by atoms with Gasteiger partial charge in [0.05, 0.1) is 18.2 Å². The predicted octanol–water partition coefficient (Wildman–Crippen LogP) is 3.13. The van der Waals surface area contributed by atoms with Crippen LogP contribution in [-0.2, 0) is 4.74 Å². The van der Waals surface area contributed by atoms with Crippen LogP contribution in [0.4, 0.5) is 10.5 Å². The number of nitrogens with zero attached hydrogens (tertiary/aromatic N) is 1. The Hall–Kier alpha value is -1.73. The topological polar surface area (TPSA) is 62.1 Å². The van der Waals surface area contributed by atoms with E-state index in [1.54, 1.807) is 24.3 Å². The lowest BCUT2D eigenvalue weighted by atomic mass is 10.2. The molecule has 0 aromatic heterocycles. The number of carbonyl (C=O) groups excluding carboxylic acids is 1. The lowest BCUT2D eigenvalue weighted by Gasteiger charge is -2.06. The van der Waals surface area contributed by atoms with E-state index >= 15 is 0 Å². The highest BCUT2D eigenvalue weighted by atomic mass is 35.5. The number of amides is 1. The fourth-order valence-electron chi connectivity index (χ4n) is 1.14. The summed E-state index contributed by atoms with van der Waals surface area (Å²) in [7, 11) is 0. The molecule has 1 N–H and O–H groups in total. The van der Waals surface area contributed by atoms with Crippen LogP contribution in [0.15, 0.2) is 24.3 Å². The summed E-state index contributed by atoms with van der Waals surface area (Å²) >= 11 is 5.49. The maximum atomic E-state index is 11.3. The van der Waals surface area contributed by atoms with Gasteiger partial charge in [0.1, 0.15) is 0 Å². The predicted molar refractivity (Wildman–Crippen MR) is 66.1 cm³/mol. The SMILES string of the molecule is N#Cc1ccc(NC(=O)OCCCCCl)cc1. The molecule has 0 bridgehead atoms. The van der Waals surface area contributed by atoms with E-state index in [-0.39, 0.29) is 0 Å². The van der Waals surface area contributed by atoms with Crippen molar-refractivity contribution in [2.24, 2.45) is 0 Å². The van der Waals surface area contributed by atoms with E-state index in [0.717, 1.165) is 12.8 Å². The van der Waals surface area contributed by atoms with Crippen molar-refractivity contribution in [1.82, 2.24) is 0 Å². The maximum absolute atomic E-state index is 11.3. The fourth-order valence-corrected chi connectivity index (χ4v) is 1.33. The van der Waals surface area contributed by atoms with Crippen LogP contribution < -0.4 is 5.32 Å². The van der Waals surface area contributed by atoms with Gasteiger partial charge in [0.2, 0.25) is 0 Å². The van der Waals surface area contributed by atoms with E-state index in [1.165, 1.54) is 0 Å². The summed E-state index contributed by atoms with van der Waals surface area (Å²) in [6, 6.07) is 8.56. The first kappa shape index (κ1) is 13.3. The van der Waals surface area contributed by atoms with Gasteiger partial charge in [-0.15, -0.1) is 11.6 Å². The van der Waals surface area contributed by atoms with Crippen molar-refractivity contribution in [2.75, 3.05) is 17.8 Å². The second kappa shape index (κ2) is 7.53. The zero-order valence-corrected chi connectivity index (χ0v) is 10.0. The third-order valence-corrected chi connectivity index (χ3v) is 2.29. The van der Waals surface area contributed by atoms with Crippen LogP contribution in [-0.4, -0.2) is 18.6 Å². The zero-order chi connectivity index (χ0) is 12.5. The Balaban J connectivity index is 2.32. The molecule has 1 aromatic carbocycles. The molecule has 0 aliphatic heterocycles. The molecule has 0 atom stereocenters. The van der Waals surface area contributed by atoms with E-state index in [4.69, 9.17) is 21.6 Å². The molecule has 0 aliphatic carbocycles. The maximum Gasteiger partial charge on any atom is 0.411 e. The summed E-state index contributed by atoms with van der Waals surface area (Å²) in [6.07, 6.45) is 1.08. The minimum Gasteiger partial charge on any atom is -0.449 e. The minimum atomic E-state index is -0.496. The van der Waals surface area contributed by atoms with E-state index in [2.05, 4.69) is 5.32 Å². The average molecular weight is 253 g/mol. The summed E-state index contributed by atoms with van der Waals surface area (Å²) in [5, 5.41) is 11.2. The molecule has 0 saturated heterocycles. The Kier molecular flexibility index (Phi) is 5.91. The first-order valence-corrected chi connectivity index (χ1v) is 5.79. The second-order valence-corrected chi connectivity index (χ2v) is 3.72. The number of nitrogens with one attached hydrogen (secondary N) is 1. The monoisotopic (exact) mass is 252 g/mol. The van der Waals surface area contributed by atoms with Gasteiger partial charge in [0, 0.05) is 11.6 Å². The number of rotatable bonds is 5. The Morgan fingerprint density at radius 3 is 2.65 bits per heavy atom. The standard InChI is InChI=1S/C12H13ClN2O2/c13-7-1-2-8-17-12(16)15-11-5-3-10(9-14)4-6-11/h3-6H,1-2,7-8H2,(H,15,16). The van der Waals surface area contributed by atoms with Crippen LogP contribution in [0.5, 0.6) is 0 Å². The molecule has 0 fully saturated rings. The number of carbonyl (C=O) groups is 1. The number of alkyl halides is 1. The lowest BCUT2D eigenvalue weighted by Crippen LogP contribution is -2.14. The molecular weight excluding hydrogens is 240 g/mol. The van der Waals surface area contributed by atoms with Crippen molar-refractivity contribution in [3.05, 3.63) is 29.8 Å². The Morgan fingerprint density at radius 2 is 2.06 bits per heavy atom. The van der Waals surface area contributed by atoms with Crippen LogP contribution >= 0.6 is 11.6 Å². The van der Waals surface area contributed by atoms with Crippen LogP contribution in [0.1, 0.15) is 18.4 Å². The van der Waals surface area contributed by atoms with Gasteiger partial charge in [-0.25, -0.2) is 4.79 Å². The molecule has 0 aliphatic rings. The molecule has 0 heterocycles. The number of ether oxygens (including phenoxy) is 1. The van der Waals surface area contributed by atoms with Crippen molar-refractivity contribution >= 4 is 23.4 Å². The molecule has 0 radical (unpaired) electrons. The quantitative estimate of drug-likeness (QED) is 0.647. The number of anilines is 1. The zero-order valence-electron chi connectivity index (χ0n) is 9.28. The third-order valence-electron chi connectivity index (χ3n) is 2.02. The fraction of sp³-hybridized carbons (Fsp3) is 0.333. The lowest BCUT2D eigenvalue weighted by molar-refractivity contribution is 0.160. The molecule has 17 heavy (non-hydrogen) atoms. The third kappa shape index (κ3) is 5.23. The van der Waals surface area contributed by atoms with E-state index < -0.39 is 6.09 Å². The van der Waals surface area contributed by atoms with Crippen molar-refractivity contribution in [3.63, 3.8) is 0 Å². The summed E-state index contributed by atoms with van der Waals surface area (Å²) in [5.41, 5.74) is 1.15.